The van der Waals surface area contributed by atoms with E-state index in [1.807, 2.05) is 49.3 Å². The third-order valence-corrected chi connectivity index (χ3v) is 8.24. The zero-order valence-corrected chi connectivity index (χ0v) is 20.5. The summed E-state index contributed by atoms with van der Waals surface area (Å²) >= 11 is 0. The third kappa shape index (κ3) is 4.97. The van der Waals surface area contributed by atoms with Crippen molar-refractivity contribution in [1.29, 1.82) is 0 Å². The molecule has 0 bridgehead atoms. The van der Waals surface area contributed by atoms with Gasteiger partial charge in [-0.3, -0.25) is 0 Å². The van der Waals surface area contributed by atoms with Gasteiger partial charge in [0.1, 0.15) is 5.82 Å². The monoisotopic (exact) mass is 466 g/mol. The van der Waals surface area contributed by atoms with Gasteiger partial charge in [0.25, 0.3) is 0 Å². The minimum absolute atomic E-state index is 0.218. The number of sulfone groups is 1. The number of fused-ring (bicyclic) bond motifs is 1. The van der Waals surface area contributed by atoms with E-state index in [0.29, 0.717) is 16.9 Å². The molecule has 0 aliphatic carbocycles. The number of nitrogens with zero attached hydrogens (tertiary/aromatic N) is 2. The topological polar surface area (TPSA) is 40.6 Å². The van der Waals surface area contributed by atoms with Crippen LogP contribution in [0.2, 0.25) is 0 Å². The highest BCUT2D eigenvalue weighted by atomic mass is 32.2. The van der Waals surface area contributed by atoms with Crippen molar-refractivity contribution >= 4 is 15.5 Å². The molecule has 3 aromatic rings. The molecule has 0 unspecified atom stereocenters. The molecule has 6 heteroatoms. The second kappa shape index (κ2) is 9.27. The maximum absolute atomic E-state index is 13.7. The van der Waals surface area contributed by atoms with Gasteiger partial charge in [-0.05, 0) is 91.4 Å². The van der Waals surface area contributed by atoms with Gasteiger partial charge >= 0.3 is 0 Å². The van der Waals surface area contributed by atoms with E-state index in [4.69, 9.17) is 0 Å². The number of rotatable bonds is 5. The number of halogens is 1. The number of hydrogen-bond acceptors (Lipinski definition) is 4. The van der Waals surface area contributed by atoms with Gasteiger partial charge in [-0.25, -0.2) is 12.8 Å². The van der Waals surface area contributed by atoms with Crippen molar-refractivity contribution in [3.8, 4) is 0 Å². The molecule has 3 aromatic carbocycles. The predicted molar refractivity (Wildman–Crippen MR) is 132 cm³/mol. The lowest BCUT2D eigenvalue weighted by Gasteiger charge is -2.21. The van der Waals surface area contributed by atoms with Crippen molar-refractivity contribution in [3.05, 3.63) is 88.2 Å². The van der Waals surface area contributed by atoms with Crippen LogP contribution in [0.25, 0.3) is 0 Å². The van der Waals surface area contributed by atoms with Gasteiger partial charge in [-0.2, -0.15) is 0 Å². The van der Waals surface area contributed by atoms with E-state index in [-0.39, 0.29) is 10.7 Å². The van der Waals surface area contributed by atoms with Gasteiger partial charge in [-0.15, -0.1) is 0 Å². The molecular weight excluding hydrogens is 435 g/mol. The van der Waals surface area contributed by atoms with Crippen molar-refractivity contribution in [3.63, 3.8) is 0 Å². The predicted octanol–water partition coefficient (Wildman–Crippen LogP) is 4.65. The lowest BCUT2D eigenvalue weighted by atomic mass is 10.0. The summed E-state index contributed by atoms with van der Waals surface area (Å²) in [6.07, 6.45) is 2.39. The van der Waals surface area contributed by atoms with Crippen LogP contribution in [0.3, 0.4) is 0 Å². The Balaban J connectivity index is 1.67. The largest absolute Gasteiger partial charge is 0.377 e. The van der Waals surface area contributed by atoms with Crippen LogP contribution in [-0.4, -0.2) is 47.6 Å². The Morgan fingerprint density at radius 1 is 0.909 bits per heavy atom. The molecule has 0 amide bonds. The van der Waals surface area contributed by atoms with Crippen LogP contribution in [0.15, 0.2) is 64.4 Å². The third-order valence-electron chi connectivity index (χ3n) is 6.44. The van der Waals surface area contributed by atoms with E-state index < -0.39 is 9.84 Å². The van der Waals surface area contributed by atoms with Crippen LogP contribution in [0.1, 0.15) is 27.8 Å². The second-order valence-electron chi connectivity index (χ2n) is 9.19. The van der Waals surface area contributed by atoms with Crippen LogP contribution >= 0.6 is 0 Å². The maximum Gasteiger partial charge on any atom is 0.208 e. The van der Waals surface area contributed by atoms with Gasteiger partial charge in [0, 0.05) is 27.2 Å². The molecule has 0 saturated carbocycles. The molecule has 4 rings (SSSR count). The Morgan fingerprint density at radius 3 is 2.12 bits per heavy atom. The van der Waals surface area contributed by atoms with Crippen molar-refractivity contribution in [1.82, 2.24) is 4.90 Å². The molecular formula is C27H31FN2O2S. The first-order valence-electron chi connectivity index (χ1n) is 11.3. The van der Waals surface area contributed by atoms with Gasteiger partial charge in [-0.1, -0.05) is 24.3 Å². The maximum atomic E-state index is 13.7. The molecule has 174 valence electrons. The second-order valence-corrected chi connectivity index (χ2v) is 11.1. The summed E-state index contributed by atoms with van der Waals surface area (Å²) in [6, 6.07) is 16.1. The van der Waals surface area contributed by atoms with E-state index in [1.54, 1.807) is 25.1 Å². The van der Waals surface area contributed by atoms with Crippen LogP contribution < -0.4 is 4.90 Å². The number of hydrogen-bond donors (Lipinski definition) is 0. The van der Waals surface area contributed by atoms with E-state index in [0.717, 1.165) is 48.3 Å². The average molecular weight is 467 g/mol. The molecule has 0 N–H and O–H groups in total. The van der Waals surface area contributed by atoms with E-state index in [2.05, 4.69) is 11.9 Å². The van der Waals surface area contributed by atoms with Gasteiger partial charge in [0.2, 0.25) is 9.84 Å². The Hall–Kier alpha value is -2.70. The Bertz CT molecular complexity index is 1270. The first-order chi connectivity index (χ1) is 15.6. The lowest BCUT2D eigenvalue weighted by Crippen LogP contribution is -2.20. The fourth-order valence-corrected chi connectivity index (χ4v) is 5.95. The highest BCUT2D eigenvalue weighted by Crippen LogP contribution is 2.34. The molecule has 4 nitrogen and oxygen atoms in total. The van der Waals surface area contributed by atoms with Crippen molar-refractivity contribution in [2.24, 2.45) is 0 Å². The summed E-state index contributed by atoms with van der Waals surface area (Å²) in [5, 5.41) is 0. The molecule has 0 saturated heterocycles. The summed E-state index contributed by atoms with van der Waals surface area (Å²) in [6.45, 7) is 3.64. The molecule has 0 spiro atoms. The minimum Gasteiger partial charge on any atom is -0.377 e. The number of aryl methyl sites for hydroxylation is 1. The molecule has 0 aromatic heterocycles. The smallest absolute Gasteiger partial charge is 0.208 e. The first kappa shape index (κ1) is 23.5. The Morgan fingerprint density at radius 2 is 1.52 bits per heavy atom. The molecule has 1 aliphatic heterocycles. The summed E-state index contributed by atoms with van der Waals surface area (Å²) in [7, 11) is 2.19. The molecule has 0 fully saturated rings. The molecule has 1 heterocycles. The number of likely N-dealkylation sites (N-methyl/N-ethyl adjacent to an activating group) is 1. The lowest BCUT2D eigenvalue weighted by molar-refractivity contribution is 0.352. The highest BCUT2D eigenvalue weighted by molar-refractivity contribution is 7.91. The van der Waals surface area contributed by atoms with Crippen LogP contribution in [0.4, 0.5) is 10.1 Å². The van der Waals surface area contributed by atoms with Gasteiger partial charge in [0.05, 0.1) is 15.5 Å². The van der Waals surface area contributed by atoms with Crippen molar-refractivity contribution < 1.29 is 12.8 Å². The molecule has 33 heavy (non-hydrogen) atoms. The summed E-state index contributed by atoms with van der Waals surface area (Å²) in [5.74, 6) is -0.218. The van der Waals surface area contributed by atoms with E-state index in [1.165, 1.54) is 11.6 Å². The number of anilines is 1. The molecule has 0 atom stereocenters. The SMILES string of the molecule is Cc1cc(Cc2ccc(S(=O)(=O)c3cc4c(cc3N(C)C)CCN(C)CC4)cc2)ccc1F. The Kier molecular flexibility index (Phi) is 6.59. The zero-order valence-electron chi connectivity index (χ0n) is 19.7. The van der Waals surface area contributed by atoms with Crippen molar-refractivity contribution in [2.45, 2.75) is 36.0 Å². The summed E-state index contributed by atoms with van der Waals surface area (Å²) in [5.41, 5.74) is 5.66. The summed E-state index contributed by atoms with van der Waals surface area (Å²) < 4.78 is 40.9. The van der Waals surface area contributed by atoms with Crippen LogP contribution in [0, 0.1) is 12.7 Å². The van der Waals surface area contributed by atoms with Crippen LogP contribution in [-0.2, 0) is 29.1 Å². The van der Waals surface area contributed by atoms with E-state index in [9.17, 15) is 12.8 Å². The summed E-state index contributed by atoms with van der Waals surface area (Å²) in [4.78, 5) is 4.81. The molecule has 0 radical (unpaired) electrons. The fourth-order valence-electron chi connectivity index (χ4n) is 4.38. The minimum atomic E-state index is -3.68. The van der Waals surface area contributed by atoms with Gasteiger partial charge < -0.3 is 9.80 Å². The normalized spacial score (nSPS) is 14.6. The first-order valence-corrected chi connectivity index (χ1v) is 12.7. The van der Waals surface area contributed by atoms with Crippen molar-refractivity contribution in [2.75, 3.05) is 39.1 Å². The number of benzene rings is 3. The van der Waals surface area contributed by atoms with E-state index >= 15 is 0 Å². The molecule has 1 aliphatic rings. The standard InChI is InChI=1S/C27H31FN2O2S/c1-19-15-21(7-10-25(19)28)16-20-5-8-24(9-6-20)33(31,32)27-18-23-12-14-30(4)13-11-22(23)17-26(27)29(2)3/h5-10,15,17-18H,11-14,16H2,1-4H3. The van der Waals surface area contributed by atoms with Gasteiger partial charge in [0.15, 0.2) is 0 Å². The van der Waals surface area contributed by atoms with Crippen LogP contribution in [0.5, 0.6) is 0 Å². The highest BCUT2D eigenvalue weighted by Gasteiger charge is 2.25. The fraction of sp³-hybridized carbons (Fsp3) is 0.333. The average Bonchev–Trinajstić information content (AvgIpc) is 2.97. The quantitative estimate of drug-likeness (QED) is 0.549. The Labute approximate surface area is 196 Å². The zero-order chi connectivity index (χ0) is 23.8.